The van der Waals surface area contributed by atoms with Gasteiger partial charge in [0.05, 0.1) is 17.5 Å². The summed E-state index contributed by atoms with van der Waals surface area (Å²) in [4.78, 5) is 37.3. The molecule has 2 aromatic carbocycles. The molecule has 0 aliphatic carbocycles. The van der Waals surface area contributed by atoms with Crippen LogP contribution in [0, 0.1) is 5.82 Å². The van der Waals surface area contributed by atoms with E-state index in [1.54, 1.807) is 24.3 Å². The van der Waals surface area contributed by atoms with Crippen LogP contribution >= 0.6 is 0 Å². The largest absolute Gasteiger partial charge is 0.447 e. The number of fused-ring (bicyclic) bond motifs is 3. The first-order chi connectivity index (χ1) is 21.8. The van der Waals surface area contributed by atoms with Crippen LogP contribution in [-0.2, 0) is 33.9 Å². The van der Waals surface area contributed by atoms with Crippen LogP contribution < -0.4 is 10.2 Å². The minimum atomic E-state index is -4.48. The molecule has 1 N–H and O–H groups in total. The van der Waals surface area contributed by atoms with Crippen molar-refractivity contribution in [3.63, 3.8) is 0 Å². The highest BCUT2D eigenvalue weighted by Crippen LogP contribution is 2.38. The lowest BCUT2D eigenvalue weighted by atomic mass is 10.1. The average molecular weight is 649 g/mol. The molecule has 4 heterocycles. The van der Waals surface area contributed by atoms with Gasteiger partial charge in [0, 0.05) is 32.7 Å². The van der Waals surface area contributed by atoms with E-state index in [-0.39, 0.29) is 31.6 Å². The lowest BCUT2D eigenvalue weighted by Gasteiger charge is -2.44. The molecule has 16 heteroatoms. The van der Waals surface area contributed by atoms with E-state index in [9.17, 15) is 18.0 Å². The van der Waals surface area contributed by atoms with E-state index in [4.69, 9.17) is 28.2 Å². The Kier molecular flexibility index (Phi) is 9.18. The molecule has 0 spiro atoms. The first-order valence-corrected chi connectivity index (χ1v) is 16.1. The summed E-state index contributed by atoms with van der Waals surface area (Å²) in [6.45, 7) is 0.405. The maximum atomic E-state index is 15.3. The van der Waals surface area contributed by atoms with Gasteiger partial charge in [0.25, 0.3) is 5.91 Å². The van der Waals surface area contributed by atoms with Crippen LogP contribution in [0.4, 0.5) is 9.18 Å². The zero-order valence-electron chi connectivity index (χ0n) is 24.4. The van der Waals surface area contributed by atoms with Crippen LogP contribution in [0.1, 0.15) is 32.1 Å². The van der Waals surface area contributed by atoms with Crippen molar-refractivity contribution in [3.05, 3.63) is 48.3 Å². The number of amides is 2. The van der Waals surface area contributed by atoms with Crippen LogP contribution in [-0.4, -0.2) is 92.5 Å². The van der Waals surface area contributed by atoms with E-state index < -0.39 is 57.2 Å². The highest BCUT2D eigenvalue weighted by atomic mass is 32.2. The van der Waals surface area contributed by atoms with Gasteiger partial charge in [-0.05, 0) is 56.0 Å². The number of hydrogen-bond donors (Lipinski definition) is 1. The van der Waals surface area contributed by atoms with Crippen LogP contribution in [0.3, 0.4) is 0 Å². The first kappa shape index (κ1) is 31.2. The van der Waals surface area contributed by atoms with Crippen molar-refractivity contribution in [1.82, 2.24) is 19.7 Å². The molecule has 0 radical (unpaired) electrons. The highest BCUT2D eigenvalue weighted by Gasteiger charge is 2.55. The van der Waals surface area contributed by atoms with E-state index in [1.807, 2.05) is 0 Å². The molecule has 6 rings (SSSR count). The molecule has 1 aromatic heterocycles. The van der Waals surface area contributed by atoms with Crippen molar-refractivity contribution >= 4 is 33.1 Å². The standard InChI is InChI=1S/C29H33FN4O10S/c1-39-14-15-41-29(36)34-18-9-11-22(34)26(27(35)32-44-25-8-4-5-13-40-25)33(17-18)45(37,38)19-10-12-23(20(30)16-19)42-28-31-21-6-2-3-7-24(21)43-28/h2-3,6-7,10,12,16,18,22,25-26H,4-5,8-9,11,13-15,17H2,1H3,(H,32,35)/t18-,22?,25?,26-/m1/s1. The van der Waals surface area contributed by atoms with Gasteiger partial charge in [-0.15, -0.1) is 0 Å². The summed E-state index contributed by atoms with van der Waals surface area (Å²) in [7, 11) is -3.01. The number of benzene rings is 2. The summed E-state index contributed by atoms with van der Waals surface area (Å²) in [6.07, 6.45) is 1.43. The van der Waals surface area contributed by atoms with Gasteiger partial charge in [0.15, 0.2) is 23.4 Å². The molecular formula is C29H33FN4O10S. The summed E-state index contributed by atoms with van der Waals surface area (Å²) in [5.74, 6) is -2.08. The maximum Gasteiger partial charge on any atom is 0.410 e. The number of carbonyl (C=O) groups is 2. The fraction of sp³-hybridized carbons (Fsp3) is 0.483. The van der Waals surface area contributed by atoms with Gasteiger partial charge in [-0.3, -0.25) is 9.69 Å². The first-order valence-electron chi connectivity index (χ1n) is 14.6. The normalized spacial score (nSPS) is 23.6. The predicted molar refractivity (Wildman–Crippen MR) is 153 cm³/mol. The van der Waals surface area contributed by atoms with Crippen molar-refractivity contribution in [2.45, 2.75) is 61.4 Å². The third-order valence-corrected chi connectivity index (χ3v) is 9.86. The van der Waals surface area contributed by atoms with Gasteiger partial charge in [-0.2, -0.15) is 9.29 Å². The minimum absolute atomic E-state index is 0.0104. The lowest BCUT2D eigenvalue weighted by Crippen LogP contribution is -2.66. The molecule has 2 amide bonds. The molecule has 3 aliphatic rings. The maximum absolute atomic E-state index is 15.3. The number of para-hydroxylation sites is 2. The Morgan fingerprint density at radius 3 is 2.71 bits per heavy atom. The number of methoxy groups -OCH3 is 1. The fourth-order valence-corrected chi connectivity index (χ4v) is 7.54. The van der Waals surface area contributed by atoms with E-state index in [0.717, 1.165) is 29.3 Å². The van der Waals surface area contributed by atoms with Crippen molar-refractivity contribution < 1.29 is 50.6 Å². The van der Waals surface area contributed by atoms with Gasteiger partial charge in [0.1, 0.15) is 18.2 Å². The highest BCUT2D eigenvalue weighted by molar-refractivity contribution is 7.89. The quantitative estimate of drug-likeness (QED) is 0.254. The number of sulfonamides is 1. The summed E-state index contributed by atoms with van der Waals surface area (Å²) in [6, 6.07) is 7.17. The van der Waals surface area contributed by atoms with Crippen molar-refractivity contribution in [2.24, 2.45) is 0 Å². The number of aromatic nitrogens is 1. The Morgan fingerprint density at radius 1 is 1.11 bits per heavy atom. The molecule has 4 atom stereocenters. The second kappa shape index (κ2) is 13.3. The molecule has 3 aliphatic heterocycles. The van der Waals surface area contributed by atoms with Gasteiger partial charge >= 0.3 is 12.2 Å². The number of piperazine rings is 1. The predicted octanol–water partition coefficient (Wildman–Crippen LogP) is 3.32. The third kappa shape index (κ3) is 6.46. The molecule has 3 fully saturated rings. The van der Waals surface area contributed by atoms with Gasteiger partial charge in [0.2, 0.25) is 10.0 Å². The number of halogens is 1. The second-order valence-electron chi connectivity index (χ2n) is 10.9. The summed E-state index contributed by atoms with van der Waals surface area (Å²) in [5, 5.41) is 0. The summed E-state index contributed by atoms with van der Waals surface area (Å²) >= 11 is 0. The SMILES string of the molecule is COCCOC(=O)N1C2CC[C@@H]1CN(S(=O)(=O)c1ccc(Oc3nc4ccccc4o3)c(F)c1)[C@H]2C(=O)NOC1CCCCO1. The Balaban J connectivity index is 1.25. The van der Waals surface area contributed by atoms with Gasteiger partial charge in [-0.25, -0.2) is 27.9 Å². The number of nitrogens with zero attached hydrogens (tertiary/aromatic N) is 3. The zero-order valence-corrected chi connectivity index (χ0v) is 25.2. The molecule has 2 bridgehead atoms. The molecule has 3 aromatic rings. The molecule has 0 saturated carbocycles. The number of rotatable bonds is 10. The molecule has 45 heavy (non-hydrogen) atoms. The molecular weight excluding hydrogens is 615 g/mol. The Hall–Kier alpha value is -3.83. The lowest BCUT2D eigenvalue weighted by molar-refractivity contribution is -0.203. The second-order valence-corrected chi connectivity index (χ2v) is 12.7. The van der Waals surface area contributed by atoms with Crippen LogP contribution in [0.15, 0.2) is 51.8 Å². The summed E-state index contributed by atoms with van der Waals surface area (Å²) < 4.78 is 71.1. The number of hydrogen-bond acceptors (Lipinski definition) is 11. The number of hydroxylamine groups is 1. The van der Waals surface area contributed by atoms with E-state index in [1.165, 1.54) is 18.1 Å². The third-order valence-electron chi connectivity index (χ3n) is 8.01. The van der Waals surface area contributed by atoms with E-state index in [0.29, 0.717) is 37.0 Å². The molecule has 3 saturated heterocycles. The van der Waals surface area contributed by atoms with Gasteiger partial charge in [-0.1, -0.05) is 12.1 Å². The van der Waals surface area contributed by atoms with Crippen molar-refractivity contribution in [2.75, 3.05) is 33.5 Å². The van der Waals surface area contributed by atoms with E-state index >= 15 is 4.39 Å². The Morgan fingerprint density at radius 2 is 1.96 bits per heavy atom. The fourth-order valence-electron chi connectivity index (χ4n) is 5.88. The topological polar surface area (TPSA) is 159 Å². The smallest absolute Gasteiger partial charge is 0.410 e. The monoisotopic (exact) mass is 648 g/mol. The van der Waals surface area contributed by atoms with E-state index in [2.05, 4.69) is 10.5 Å². The number of carbonyl (C=O) groups excluding carboxylic acids is 2. The van der Waals surface area contributed by atoms with Crippen molar-refractivity contribution in [3.8, 4) is 11.8 Å². The number of ether oxygens (including phenoxy) is 4. The zero-order chi connectivity index (χ0) is 31.6. The number of nitrogens with one attached hydrogen (secondary N) is 1. The summed E-state index contributed by atoms with van der Waals surface area (Å²) in [5.41, 5.74) is 3.29. The van der Waals surface area contributed by atoms with Crippen LogP contribution in [0.2, 0.25) is 0 Å². The Bertz CT molecular complexity index is 1610. The van der Waals surface area contributed by atoms with Crippen LogP contribution in [0.25, 0.3) is 11.1 Å². The van der Waals surface area contributed by atoms with Gasteiger partial charge < -0.3 is 23.4 Å². The number of oxazole rings is 1. The van der Waals surface area contributed by atoms with Crippen LogP contribution in [0.5, 0.6) is 11.8 Å². The Labute approximate surface area is 258 Å². The average Bonchev–Trinajstić information content (AvgIpc) is 3.59. The molecule has 14 nitrogen and oxygen atoms in total. The minimum Gasteiger partial charge on any atom is -0.447 e. The molecule has 2 unspecified atom stereocenters. The molecule has 242 valence electrons. The van der Waals surface area contributed by atoms with Crippen molar-refractivity contribution in [1.29, 1.82) is 0 Å².